The second-order valence-electron chi connectivity index (χ2n) is 5.41. The van der Waals surface area contributed by atoms with Crippen LogP contribution in [0.5, 0.6) is 0 Å². The summed E-state index contributed by atoms with van der Waals surface area (Å²) in [7, 11) is 0. The summed E-state index contributed by atoms with van der Waals surface area (Å²) in [5.74, 6) is -0.594. The van der Waals surface area contributed by atoms with E-state index < -0.39 is 0 Å². The number of carbonyl (C=O) groups is 3. The third-order valence-corrected chi connectivity index (χ3v) is 4.50. The van der Waals surface area contributed by atoms with Crippen molar-refractivity contribution < 1.29 is 14.4 Å². The average molecular weight is 352 g/mol. The number of anilines is 1. The minimum absolute atomic E-state index is 0.0611. The standard InChI is InChI=1S/C19H16N2O3S/c22-17(20-15-9-5-2-6-10-15)11-12-21-18(23)16(25-19(21)24)13-14-7-3-1-4-8-14/h1-10,13H,11-12H2,(H,20,22). The van der Waals surface area contributed by atoms with E-state index in [0.29, 0.717) is 10.6 Å². The number of hydrogen-bond acceptors (Lipinski definition) is 4. The van der Waals surface area contributed by atoms with E-state index in [1.807, 2.05) is 48.5 Å². The minimum Gasteiger partial charge on any atom is -0.326 e. The van der Waals surface area contributed by atoms with Crippen LogP contribution in [0.1, 0.15) is 12.0 Å². The molecule has 0 unspecified atom stereocenters. The molecule has 0 radical (unpaired) electrons. The van der Waals surface area contributed by atoms with Crippen molar-refractivity contribution in [2.75, 3.05) is 11.9 Å². The molecule has 3 amide bonds. The molecule has 0 saturated carbocycles. The van der Waals surface area contributed by atoms with Crippen LogP contribution < -0.4 is 5.32 Å². The SMILES string of the molecule is O=C(CCN1C(=O)SC(=Cc2ccccc2)C1=O)Nc1ccccc1. The van der Waals surface area contributed by atoms with Crippen molar-refractivity contribution in [2.24, 2.45) is 0 Å². The van der Waals surface area contributed by atoms with E-state index >= 15 is 0 Å². The number of para-hydroxylation sites is 1. The van der Waals surface area contributed by atoms with Crippen LogP contribution in [-0.2, 0) is 9.59 Å². The van der Waals surface area contributed by atoms with Crippen LogP contribution in [0.3, 0.4) is 0 Å². The van der Waals surface area contributed by atoms with Crippen LogP contribution in [0.25, 0.3) is 6.08 Å². The first-order valence-electron chi connectivity index (χ1n) is 7.79. The summed E-state index contributed by atoms with van der Waals surface area (Å²) in [6, 6.07) is 18.4. The molecule has 0 aliphatic carbocycles. The lowest BCUT2D eigenvalue weighted by Gasteiger charge is -2.12. The van der Waals surface area contributed by atoms with Gasteiger partial charge in [0.15, 0.2) is 0 Å². The lowest BCUT2D eigenvalue weighted by molar-refractivity contribution is -0.123. The molecular weight excluding hydrogens is 336 g/mol. The second-order valence-corrected chi connectivity index (χ2v) is 6.40. The molecule has 25 heavy (non-hydrogen) atoms. The minimum atomic E-state index is -0.355. The van der Waals surface area contributed by atoms with Gasteiger partial charge in [0.2, 0.25) is 5.91 Å². The molecule has 6 heteroatoms. The Morgan fingerprint density at radius 3 is 2.32 bits per heavy atom. The highest BCUT2D eigenvalue weighted by Gasteiger charge is 2.34. The van der Waals surface area contributed by atoms with Crippen molar-refractivity contribution in [3.05, 3.63) is 71.1 Å². The first kappa shape index (κ1) is 17.0. The largest absolute Gasteiger partial charge is 0.326 e. The van der Waals surface area contributed by atoms with E-state index in [-0.39, 0.29) is 30.0 Å². The van der Waals surface area contributed by atoms with Gasteiger partial charge in [-0.15, -0.1) is 0 Å². The molecule has 0 bridgehead atoms. The topological polar surface area (TPSA) is 66.5 Å². The summed E-state index contributed by atoms with van der Waals surface area (Å²) >= 11 is 0.899. The smallest absolute Gasteiger partial charge is 0.293 e. The molecule has 1 heterocycles. The Morgan fingerprint density at radius 2 is 1.64 bits per heavy atom. The summed E-state index contributed by atoms with van der Waals surface area (Å²) in [4.78, 5) is 37.9. The zero-order chi connectivity index (χ0) is 17.6. The number of carbonyl (C=O) groups excluding carboxylic acids is 3. The Hall–Kier alpha value is -2.86. The molecule has 1 saturated heterocycles. The van der Waals surface area contributed by atoms with E-state index in [1.165, 1.54) is 0 Å². The highest BCUT2D eigenvalue weighted by atomic mass is 32.2. The first-order chi connectivity index (χ1) is 12.1. The first-order valence-corrected chi connectivity index (χ1v) is 8.60. The van der Waals surface area contributed by atoms with Crippen molar-refractivity contribution in [3.63, 3.8) is 0 Å². The molecule has 3 rings (SSSR count). The second kappa shape index (κ2) is 7.81. The molecule has 0 atom stereocenters. The lowest BCUT2D eigenvalue weighted by atomic mass is 10.2. The van der Waals surface area contributed by atoms with Gasteiger partial charge in [0.1, 0.15) is 0 Å². The van der Waals surface area contributed by atoms with Crippen LogP contribution in [0.4, 0.5) is 10.5 Å². The molecule has 1 N–H and O–H groups in total. The highest BCUT2D eigenvalue weighted by molar-refractivity contribution is 8.18. The maximum Gasteiger partial charge on any atom is 0.293 e. The Kier molecular flexibility index (Phi) is 5.30. The summed E-state index contributed by atoms with van der Waals surface area (Å²) in [5, 5.41) is 2.39. The Bertz CT molecular complexity index is 819. The van der Waals surface area contributed by atoms with E-state index in [9.17, 15) is 14.4 Å². The van der Waals surface area contributed by atoms with E-state index in [4.69, 9.17) is 0 Å². The normalized spacial score (nSPS) is 15.7. The van der Waals surface area contributed by atoms with Gasteiger partial charge < -0.3 is 5.32 Å². The zero-order valence-electron chi connectivity index (χ0n) is 13.3. The number of imide groups is 1. The average Bonchev–Trinajstić information content (AvgIpc) is 2.88. The van der Waals surface area contributed by atoms with Gasteiger partial charge in [0.05, 0.1) is 4.91 Å². The van der Waals surface area contributed by atoms with Crippen LogP contribution in [0.15, 0.2) is 65.6 Å². The predicted molar refractivity (Wildman–Crippen MR) is 98.8 cm³/mol. The maximum absolute atomic E-state index is 12.4. The molecule has 2 aromatic rings. The fourth-order valence-corrected chi connectivity index (χ4v) is 3.22. The molecule has 1 fully saturated rings. The number of rotatable bonds is 5. The van der Waals surface area contributed by atoms with Gasteiger partial charge in [-0.3, -0.25) is 19.3 Å². The third kappa shape index (κ3) is 4.36. The number of hydrogen-bond donors (Lipinski definition) is 1. The van der Waals surface area contributed by atoms with Crippen LogP contribution >= 0.6 is 11.8 Å². The van der Waals surface area contributed by atoms with Crippen molar-refractivity contribution in [1.29, 1.82) is 0 Å². The molecule has 126 valence electrons. The predicted octanol–water partition coefficient (Wildman–Crippen LogP) is 3.75. The molecule has 1 aliphatic rings. The highest BCUT2D eigenvalue weighted by Crippen LogP contribution is 2.32. The van der Waals surface area contributed by atoms with Gasteiger partial charge in [-0.1, -0.05) is 48.5 Å². The van der Waals surface area contributed by atoms with Gasteiger partial charge in [0, 0.05) is 18.7 Å². The monoisotopic (exact) mass is 352 g/mol. The fourth-order valence-electron chi connectivity index (χ4n) is 2.35. The van der Waals surface area contributed by atoms with Gasteiger partial charge in [-0.05, 0) is 35.5 Å². The molecule has 5 nitrogen and oxygen atoms in total. The Labute approximate surface area is 149 Å². The Balaban J connectivity index is 1.59. The van der Waals surface area contributed by atoms with Gasteiger partial charge >= 0.3 is 0 Å². The van der Waals surface area contributed by atoms with Crippen molar-refractivity contribution in [1.82, 2.24) is 4.90 Å². The van der Waals surface area contributed by atoms with Crippen molar-refractivity contribution in [3.8, 4) is 0 Å². The summed E-state index contributed by atoms with van der Waals surface area (Å²) in [6.45, 7) is 0.0649. The fraction of sp³-hybridized carbons (Fsp3) is 0.105. The number of amides is 3. The molecule has 2 aromatic carbocycles. The Morgan fingerprint density at radius 1 is 1.00 bits per heavy atom. The molecule has 0 aromatic heterocycles. The number of thioether (sulfide) groups is 1. The summed E-state index contributed by atoms with van der Waals surface area (Å²) in [6.07, 6.45) is 1.75. The van der Waals surface area contributed by atoms with Gasteiger partial charge in [0.25, 0.3) is 11.1 Å². The molecule has 0 spiro atoms. The van der Waals surface area contributed by atoms with Crippen molar-refractivity contribution >= 4 is 40.6 Å². The summed E-state index contributed by atoms with van der Waals surface area (Å²) < 4.78 is 0. The quantitative estimate of drug-likeness (QED) is 0.832. The molecular formula is C19H16N2O3S. The van der Waals surface area contributed by atoms with Crippen molar-refractivity contribution in [2.45, 2.75) is 6.42 Å². The summed E-state index contributed by atoms with van der Waals surface area (Å²) in [5.41, 5.74) is 1.54. The van der Waals surface area contributed by atoms with E-state index in [0.717, 1.165) is 22.2 Å². The lowest BCUT2D eigenvalue weighted by Crippen LogP contribution is -2.31. The van der Waals surface area contributed by atoms with Crippen LogP contribution in [-0.4, -0.2) is 28.5 Å². The number of nitrogens with one attached hydrogen (secondary N) is 1. The third-order valence-electron chi connectivity index (χ3n) is 3.59. The molecule has 1 aliphatic heterocycles. The zero-order valence-corrected chi connectivity index (χ0v) is 14.2. The van der Waals surface area contributed by atoms with E-state index in [1.54, 1.807) is 18.2 Å². The number of nitrogens with zero attached hydrogens (tertiary/aromatic N) is 1. The van der Waals surface area contributed by atoms with E-state index in [2.05, 4.69) is 5.32 Å². The van der Waals surface area contributed by atoms with Gasteiger partial charge in [-0.25, -0.2) is 0 Å². The van der Waals surface area contributed by atoms with Gasteiger partial charge in [-0.2, -0.15) is 0 Å². The maximum atomic E-state index is 12.4. The number of benzene rings is 2. The van der Waals surface area contributed by atoms with Crippen LogP contribution in [0, 0.1) is 0 Å². The van der Waals surface area contributed by atoms with Crippen LogP contribution in [0.2, 0.25) is 0 Å².